The Morgan fingerprint density at radius 2 is 2.19 bits per heavy atom. The van der Waals surface area contributed by atoms with Crippen LogP contribution in [0.15, 0.2) is 6.33 Å². The number of nitrogens with one attached hydrogen (secondary N) is 1. The quantitative estimate of drug-likeness (QED) is 0.838. The Kier molecular flexibility index (Phi) is 6.18. The van der Waals surface area contributed by atoms with Gasteiger partial charge in [0.25, 0.3) is 0 Å². The number of hydrogen-bond acceptors (Lipinski definition) is 4. The van der Waals surface area contributed by atoms with Gasteiger partial charge in [0, 0.05) is 31.7 Å². The van der Waals surface area contributed by atoms with Gasteiger partial charge in [-0.1, -0.05) is 27.7 Å². The van der Waals surface area contributed by atoms with E-state index in [0.717, 1.165) is 44.3 Å². The first kappa shape index (κ1) is 16.4. The normalized spacial score (nSPS) is 23.9. The van der Waals surface area contributed by atoms with E-state index in [1.807, 2.05) is 0 Å². The molecular weight excluding hydrogens is 262 g/mol. The van der Waals surface area contributed by atoms with Crippen molar-refractivity contribution in [3.8, 4) is 0 Å². The molecule has 0 aliphatic carbocycles. The van der Waals surface area contributed by atoms with Gasteiger partial charge in [0.15, 0.2) is 0 Å². The van der Waals surface area contributed by atoms with E-state index in [9.17, 15) is 0 Å². The summed E-state index contributed by atoms with van der Waals surface area (Å²) in [6.45, 7) is 13.2. The molecule has 5 heteroatoms. The summed E-state index contributed by atoms with van der Waals surface area (Å²) in [5.74, 6) is 1.85. The number of aromatic nitrogens is 3. The van der Waals surface area contributed by atoms with Crippen molar-refractivity contribution < 1.29 is 0 Å². The molecule has 21 heavy (non-hydrogen) atoms. The molecule has 1 fully saturated rings. The van der Waals surface area contributed by atoms with Gasteiger partial charge in [0.1, 0.15) is 12.2 Å². The van der Waals surface area contributed by atoms with Crippen molar-refractivity contribution in [2.75, 3.05) is 13.1 Å². The van der Waals surface area contributed by atoms with E-state index in [2.05, 4.69) is 52.7 Å². The fourth-order valence-electron chi connectivity index (χ4n) is 3.24. The van der Waals surface area contributed by atoms with Gasteiger partial charge in [-0.25, -0.2) is 9.67 Å². The van der Waals surface area contributed by atoms with E-state index in [1.54, 1.807) is 6.33 Å². The Bertz CT molecular complexity index is 415. The van der Waals surface area contributed by atoms with Crippen LogP contribution < -0.4 is 5.32 Å². The molecule has 2 rings (SSSR count). The molecule has 0 saturated carbocycles. The van der Waals surface area contributed by atoms with Gasteiger partial charge in [-0.3, -0.25) is 4.90 Å². The molecule has 0 spiro atoms. The third-order valence-electron chi connectivity index (χ3n) is 4.32. The van der Waals surface area contributed by atoms with Crippen LogP contribution in [0.2, 0.25) is 0 Å². The lowest BCUT2D eigenvalue weighted by Crippen LogP contribution is -2.56. The molecule has 2 heterocycles. The standard InChI is InChI=1S/C16H31N5/c1-5-7-21-16(18-12-19-21)11-20-10-14(8-13(3)4)17-9-15(20)6-2/h12-15,17H,5-11H2,1-4H3. The summed E-state index contributed by atoms with van der Waals surface area (Å²) in [5.41, 5.74) is 0. The summed E-state index contributed by atoms with van der Waals surface area (Å²) in [6, 6.07) is 1.22. The lowest BCUT2D eigenvalue weighted by Gasteiger charge is -2.40. The van der Waals surface area contributed by atoms with Crippen molar-refractivity contribution >= 4 is 0 Å². The minimum atomic E-state index is 0.607. The maximum atomic E-state index is 4.47. The molecule has 1 aliphatic rings. The Morgan fingerprint density at radius 1 is 1.38 bits per heavy atom. The van der Waals surface area contributed by atoms with Crippen LogP contribution in [-0.4, -0.2) is 44.8 Å². The molecule has 1 N–H and O–H groups in total. The van der Waals surface area contributed by atoms with E-state index < -0.39 is 0 Å². The van der Waals surface area contributed by atoms with Crippen LogP contribution in [0, 0.1) is 5.92 Å². The molecule has 120 valence electrons. The van der Waals surface area contributed by atoms with Gasteiger partial charge in [-0.2, -0.15) is 5.10 Å². The summed E-state index contributed by atoms with van der Waals surface area (Å²) in [7, 11) is 0. The van der Waals surface area contributed by atoms with Gasteiger partial charge < -0.3 is 5.32 Å². The Hall–Kier alpha value is -0.940. The molecule has 0 bridgehead atoms. The lowest BCUT2D eigenvalue weighted by molar-refractivity contribution is 0.107. The topological polar surface area (TPSA) is 46.0 Å². The summed E-state index contributed by atoms with van der Waals surface area (Å²) >= 11 is 0. The van der Waals surface area contributed by atoms with Gasteiger partial charge in [-0.05, 0) is 25.2 Å². The summed E-state index contributed by atoms with van der Waals surface area (Å²) in [5, 5.41) is 8.07. The Balaban J connectivity index is 2.01. The van der Waals surface area contributed by atoms with Crippen LogP contribution in [-0.2, 0) is 13.1 Å². The lowest BCUT2D eigenvalue weighted by atomic mass is 9.99. The molecular formula is C16H31N5. The zero-order chi connectivity index (χ0) is 15.2. The van der Waals surface area contributed by atoms with Crippen molar-refractivity contribution in [1.29, 1.82) is 0 Å². The molecule has 0 radical (unpaired) electrons. The molecule has 2 unspecified atom stereocenters. The molecule has 1 aromatic rings. The van der Waals surface area contributed by atoms with Crippen LogP contribution in [0.3, 0.4) is 0 Å². The highest BCUT2D eigenvalue weighted by molar-refractivity contribution is 4.91. The SMILES string of the molecule is CCCn1ncnc1CN1CC(CC(C)C)NCC1CC. The van der Waals surface area contributed by atoms with Gasteiger partial charge in [0.2, 0.25) is 0 Å². The Labute approximate surface area is 129 Å². The van der Waals surface area contributed by atoms with E-state index in [1.165, 1.54) is 12.8 Å². The second kappa shape index (κ2) is 7.90. The average molecular weight is 293 g/mol. The predicted molar refractivity (Wildman–Crippen MR) is 86.0 cm³/mol. The second-order valence-corrected chi connectivity index (χ2v) is 6.63. The van der Waals surface area contributed by atoms with Crippen LogP contribution in [0.1, 0.15) is 52.8 Å². The van der Waals surface area contributed by atoms with Gasteiger partial charge in [-0.15, -0.1) is 0 Å². The van der Waals surface area contributed by atoms with Crippen LogP contribution >= 0.6 is 0 Å². The first-order chi connectivity index (χ1) is 10.1. The number of hydrogen-bond donors (Lipinski definition) is 1. The largest absolute Gasteiger partial charge is 0.311 e. The summed E-state index contributed by atoms with van der Waals surface area (Å²) in [6.07, 6.45) is 5.22. The molecule has 5 nitrogen and oxygen atoms in total. The first-order valence-corrected chi connectivity index (χ1v) is 8.48. The molecule has 1 aliphatic heterocycles. The van der Waals surface area contributed by atoms with Crippen LogP contribution in [0.25, 0.3) is 0 Å². The highest BCUT2D eigenvalue weighted by Gasteiger charge is 2.28. The zero-order valence-corrected chi connectivity index (χ0v) is 14.0. The van der Waals surface area contributed by atoms with Crippen LogP contribution in [0.4, 0.5) is 0 Å². The fourth-order valence-corrected chi connectivity index (χ4v) is 3.24. The number of rotatable bonds is 7. The average Bonchev–Trinajstić information content (AvgIpc) is 2.86. The fraction of sp³-hybridized carbons (Fsp3) is 0.875. The maximum Gasteiger partial charge on any atom is 0.141 e. The zero-order valence-electron chi connectivity index (χ0n) is 14.0. The first-order valence-electron chi connectivity index (χ1n) is 8.48. The number of aryl methyl sites for hydroxylation is 1. The number of nitrogens with zero attached hydrogens (tertiary/aromatic N) is 4. The van der Waals surface area contributed by atoms with Crippen molar-refractivity contribution in [2.45, 2.75) is 72.1 Å². The van der Waals surface area contributed by atoms with Crippen molar-refractivity contribution in [2.24, 2.45) is 5.92 Å². The molecule has 0 amide bonds. The second-order valence-electron chi connectivity index (χ2n) is 6.63. The van der Waals surface area contributed by atoms with Crippen molar-refractivity contribution in [3.05, 3.63) is 12.2 Å². The highest BCUT2D eigenvalue weighted by atomic mass is 15.4. The van der Waals surface area contributed by atoms with Gasteiger partial charge in [0.05, 0.1) is 6.54 Å². The minimum absolute atomic E-state index is 0.607. The monoisotopic (exact) mass is 293 g/mol. The number of piperazine rings is 1. The van der Waals surface area contributed by atoms with Crippen molar-refractivity contribution in [3.63, 3.8) is 0 Å². The molecule has 2 atom stereocenters. The third-order valence-corrected chi connectivity index (χ3v) is 4.32. The summed E-state index contributed by atoms with van der Waals surface area (Å²) in [4.78, 5) is 7.07. The smallest absolute Gasteiger partial charge is 0.141 e. The minimum Gasteiger partial charge on any atom is -0.311 e. The molecule has 0 aromatic carbocycles. The van der Waals surface area contributed by atoms with E-state index >= 15 is 0 Å². The van der Waals surface area contributed by atoms with E-state index in [4.69, 9.17) is 0 Å². The molecule has 1 aromatic heterocycles. The van der Waals surface area contributed by atoms with Crippen molar-refractivity contribution in [1.82, 2.24) is 25.0 Å². The van der Waals surface area contributed by atoms with E-state index in [0.29, 0.717) is 12.1 Å². The van der Waals surface area contributed by atoms with E-state index in [-0.39, 0.29) is 0 Å². The predicted octanol–water partition coefficient (Wildman–Crippen LogP) is 2.29. The highest BCUT2D eigenvalue weighted by Crippen LogP contribution is 2.17. The van der Waals surface area contributed by atoms with Crippen LogP contribution in [0.5, 0.6) is 0 Å². The Morgan fingerprint density at radius 3 is 2.86 bits per heavy atom. The maximum absolute atomic E-state index is 4.47. The summed E-state index contributed by atoms with van der Waals surface area (Å²) < 4.78 is 2.06. The third kappa shape index (κ3) is 4.51. The molecule has 1 saturated heterocycles. The van der Waals surface area contributed by atoms with Gasteiger partial charge >= 0.3 is 0 Å².